The van der Waals surface area contributed by atoms with E-state index in [1.165, 1.54) is 0 Å². The Morgan fingerprint density at radius 3 is 2.46 bits per heavy atom. The van der Waals surface area contributed by atoms with E-state index in [2.05, 4.69) is 5.32 Å². The van der Waals surface area contributed by atoms with E-state index >= 15 is 0 Å². The van der Waals surface area contributed by atoms with E-state index in [9.17, 15) is 4.79 Å². The first-order chi connectivity index (χ1) is 11.8. The molecular weight excluding hydrogens is 302 g/mol. The minimum absolute atomic E-state index is 0.0822. The summed E-state index contributed by atoms with van der Waals surface area (Å²) in [6, 6.07) is 21.2. The molecule has 0 fully saturated rings. The molecule has 4 nitrogen and oxygen atoms in total. The van der Waals surface area contributed by atoms with Gasteiger partial charge in [0.25, 0.3) is 0 Å². The van der Waals surface area contributed by atoms with E-state index in [1.54, 1.807) is 7.11 Å². The van der Waals surface area contributed by atoms with Crippen molar-refractivity contribution in [3.63, 3.8) is 0 Å². The molecule has 0 unspecified atom stereocenters. The Morgan fingerprint density at radius 2 is 1.62 bits per heavy atom. The number of carbonyl (C=O) groups is 1. The predicted molar refractivity (Wildman–Crippen MR) is 95.7 cm³/mol. The van der Waals surface area contributed by atoms with Crippen molar-refractivity contribution in [1.29, 1.82) is 0 Å². The first-order valence-corrected chi connectivity index (χ1v) is 7.81. The highest BCUT2D eigenvalue weighted by Gasteiger charge is 2.07. The molecule has 0 aromatic heterocycles. The zero-order chi connectivity index (χ0) is 16.8. The zero-order valence-corrected chi connectivity index (χ0v) is 13.5. The Bertz CT molecular complexity index is 840. The number of carbonyl (C=O) groups excluding carboxylic acids is 1. The van der Waals surface area contributed by atoms with Gasteiger partial charge in [-0.3, -0.25) is 4.79 Å². The number of methoxy groups -OCH3 is 1. The smallest absolute Gasteiger partial charge is 0.227 e. The first-order valence-electron chi connectivity index (χ1n) is 7.81. The van der Waals surface area contributed by atoms with Crippen LogP contribution < -0.4 is 14.8 Å². The van der Waals surface area contributed by atoms with Gasteiger partial charge in [0.05, 0.1) is 20.1 Å². The Morgan fingerprint density at radius 1 is 0.917 bits per heavy atom. The average molecular weight is 321 g/mol. The summed E-state index contributed by atoms with van der Waals surface area (Å²) < 4.78 is 10.9. The van der Waals surface area contributed by atoms with Gasteiger partial charge in [-0.2, -0.15) is 0 Å². The highest BCUT2D eigenvalue weighted by molar-refractivity contribution is 6.02. The van der Waals surface area contributed by atoms with Crippen LogP contribution in [-0.2, 0) is 4.79 Å². The van der Waals surface area contributed by atoms with E-state index in [4.69, 9.17) is 9.47 Å². The number of hydrogen-bond donors (Lipinski definition) is 1. The van der Waals surface area contributed by atoms with Crippen LogP contribution in [0.15, 0.2) is 66.7 Å². The molecule has 0 saturated carbocycles. The van der Waals surface area contributed by atoms with E-state index in [0.29, 0.717) is 11.5 Å². The molecule has 1 amide bonds. The van der Waals surface area contributed by atoms with Gasteiger partial charge >= 0.3 is 0 Å². The summed E-state index contributed by atoms with van der Waals surface area (Å²) in [5.41, 5.74) is 0.815. The molecule has 3 aromatic rings. The largest absolute Gasteiger partial charge is 0.493 e. The van der Waals surface area contributed by atoms with Gasteiger partial charge in [0, 0.05) is 11.1 Å². The van der Waals surface area contributed by atoms with Crippen molar-refractivity contribution in [2.75, 3.05) is 19.0 Å². The minimum Gasteiger partial charge on any atom is -0.493 e. The second-order valence-corrected chi connectivity index (χ2v) is 5.32. The van der Waals surface area contributed by atoms with Crippen molar-refractivity contribution in [2.45, 2.75) is 6.42 Å². The van der Waals surface area contributed by atoms with Crippen LogP contribution in [0.2, 0.25) is 0 Å². The molecule has 3 aromatic carbocycles. The zero-order valence-electron chi connectivity index (χ0n) is 13.5. The number of ether oxygens (including phenoxy) is 2. The van der Waals surface area contributed by atoms with Gasteiger partial charge in [0.2, 0.25) is 5.91 Å². The average Bonchev–Trinajstić information content (AvgIpc) is 2.62. The fourth-order valence-corrected chi connectivity index (χ4v) is 2.54. The van der Waals surface area contributed by atoms with Crippen LogP contribution in [0.3, 0.4) is 0 Å². The number of hydrogen-bond acceptors (Lipinski definition) is 3. The van der Waals surface area contributed by atoms with Gasteiger partial charge in [-0.25, -0.2) is 0 Å². The summed E-state index contributed by atoms with van der Waals surface area (Å²) in [6.07, 6.45) is 0.265. The molecule has 0 aliphatic rings. The van der Waals surface area contributed by atoms with Crippen LogP contribution in [0, 0.1) is 0 Å². The van der Waals surface area contributed by atoms with Gasteiger partial charge in [-0.1, -0.05) is 48.5 Å². The van der Waals surface area contributed by atoms with E-state index in [0.717, 1.165) is 16.5 Å². The molecule has 0 radical (unpaired) electrons. The third kappa shape index (κ3) is 3.66. The van der Waals surface area contributed by atoms with Crippen LogP contribution in [-0.4, -0.2) is 19.6 Å². The van der Waals surface area contributed by atoms with Crippen molar-refractivity contribution < 1.29 is 14.3 Å². The summed E-state index contributed by atoms with van der Waals surface area (Å²) in [5.74, 6) is 1.21. The molecule has 0 atom stereocenters. The standard InChI is InChI=1S/C20H19NO3/c1-23-18-11-4-5-12-19(18)24-14-13-20(22)21-17-10-6-8-15-7-2-3-9-16(15)17/h2-12H,13-14H2,1H3,(H,21,22). The van der Waals surface area contributed by atoms with Gasteiger partial charge in [-0.05, 0) is 23.6 Å². The van der Waals surface area contributed by atoms with Crippen LogP contribution >= 0.6 is 0 Å². The van der Waals surface area contributed by atoms with E-state index < -0.39 is 0 Å². The summed E-state index contributed by atoms with van der Waals surface area (Å²) in [7, 11) is 1.59. The molecule has 0 aliphatic carbocycles. The Labute approximate surface area is 141 Å². The minimum atomic E-state index is -0.0822. The highest BCUT2D eigenvalue weighted by atomic mass is 16.5. The normalized spacial score (nSPS) is 10.4. The number of para-hydroxylation sites is 2. The lowest BCUT2D eigenvalue weighted by Gasteiger charge is -2.11. The lowest BCUT2D eigenvalue weighted by molar-refractivity contribution is -0.116. The number of nitrogens with one attached hydrogen (secondary N) is 1. The Balaban J connectivity index is 1.59. The monoisotopic (exact) mass is 321 g/mol. The maximum absolute atomic E-state index is 12.2. The van der Waals surface area contributed by atoms with Gasteiger partial charge < -0.3 is 14.8 Å². The highest BCUT2D eigenvalue weighted by Crippen LogP contribution is 2.26. The Kier molecular flexibility index (Phi) is 4.96. The van der Waals surface area contributed by atoms with Gasteiger partial charge in [0.15, 0.2) is 11.5 Å². The lowest BCUT2D eigenvalue weighted by atomic mass is 10.1. The van der Waals surface area contributed by atoms with Gasteiger partial charge in [-0.15, -0.1) is 0 Å². The number of rotatable bonds is 6. The number of fused-ring (bicyclic) bond motifs is 1. The lowest BCUT2D eigenvalue weighted by Crippen LogP contribution is -2.15. The quantitative estimate of drug-likeness (QED) is 0.738. The maximum Gasteiger partial charge on any atom is 0.227 e. The third-order valence-electron chi connectivity index (χ3n) is 3.72. The molecule has 0 spiro atoms. The summed E-state index contributed by atoms with van der Waals surface area (Å²) >= 11 is 0. The van der Waals surface area contributed by atoms with Gasteiger partial charge in [0.1, 0.15) is 0 Å². The number of amides is 1. The van der Waals surface area contributed by atoms with Crippen LogP contribution in [0.4, 0.5) is 5.69 Å². The Hall–Kier alpha value is -3.01. The van der Waals surface area contributed by atoms with E-state index in [-0.39, 0.29) is 18.9 Å². The van der Waals surface area contributed by atoms with E-state index in [1.807, 2.05) is 66.7 Å². The maximum atomic E-state index is 12.2. The summed E-state index contributed by atoms with van der Waals surface area (Å²) in [5, 5.41) is 5.07. The molecular formula is C20H19NO3. The first kappa shape index (κ1) is 15.9. The van der Waals surface area contributed by atoms with Crippen molar-refractivity contribution in [3.05, 3.63) is 66.7 Å². The van der Waals surface area contributed by atoms with Crippen molar-refractivity contribution in [3.8, 4) is 11.5 Å². The molecule has 24 heavy (non-hydrogen) atoms. The van der Waals surface area contributed by atoms with Crippen molar-refractivity contribution >= 4 is 22.4 Å². The van der Waals surface area contributed by atoms with Crippen molar-refractivity contribution in [2.24, 2.45) is 0 Å². The number of benzene rings is 3. The second-order valence-electron chi connectivity index (χ2n) is 5.32. The molecule has 0 heterocycles. The number of anilines is 1. The molecule has 4 heteroatoms. The fraction of sp³-hybridized carbons (Fsp3) is 0.150. The van der Waals surface area contributed by atoms with Crippen LogP contribution in [0.1, 0.15) is 6.42 Å². The molecule has 122 valence electrons. The topological polar surface area (TPSA) is 47.6 Å². The van der Waals surface area contributed by atoms with Crippen LogP contribution in [0.25, 0.3) is 10.8 Å². The van der Waals surface area contributed by atoms with Crippen LogP contribution in [0.5, 0.6) is 11.5 Å². The molecule has 0 bridgehead atoms. The summed E-state index contributed by atoms with van der Waals surface area (Å²) in [6.45, 7) is 0.289. The predicted octanol–water partition coefficient (Wildman–Crippen LogP) is 4.26. The SMILES string of the molecule is COc1ccccc1OCCC(=O)Nc1cccc2ccccc12. The molecule has 3 rings (SSSR count). The summed E-state index contributed by atoms with van der Waals surface area (Å²) in [4.78, 5) is 12.2. The van der Waals surface area contributed by atoms with Crippen molar-refractivity contribution in [1.82, 2.24) is 0 Å². The molecule has 1 N–H and O–H groups in total. The molecule has 0 saturated heterocycles. The fourth-order valence-electron chi connectivity index (χ4n) is 2.54. The third-order valence-corrected chi connectivity index (χ3v) is 3.72. The second kappa shape index (κ2) is 7.51. The molecule has 0 aliphatic heterocycles.